The fraction of sp³-hybridized carbons (Fsp3) is 0.235. The number of ether oxygens (including phenoxy) is 2. The zero-order chi connectivity index (χ0) is 18.4. The molecular formula is C17H18ClNO5S. The molecule has 0 atom stereocenters. The van der Waals surface area contributed by atoms with Crippen LogP contribution in [0.4, 0.5) is 5.69 Å². The smallest absolute Gasteiger partial charge is 0.344 e. The minimum absolute atomic E-state index is 0.0627. The van der Waals surface area contributed by atoms with Crippen molar-refractivity contribution in [2.24, 2.45) is 0 Å². The van der Waals surface area contributed by atoms with Crippen LogP contribution in [0.3, 0.4) is 0 Å². The fourth-order valence-corrected chi connectivity index (χ4v) is 3.16. The molecule has 2 rings (SSSR count). The number of esters is 1. The number of anilines is 1. The van der Waals surface area contributed by atoms with Crippen LogP contribution in [0.2, 0.25) is 5.02 Å². The normalized spacial score (nSPS) is 11.0. The van der Waals surface area contributed by atoms with Crippen molar-refractivity contribution in [3.63, 3.8) is 0 Å². The summed E-state index contributed by atoms with van der Waals surface area (Å²) in [4.78, 5) is 11.3. The number of benzene rings is 2. The molecule has 25 heavy (non-hydrogen) atoms. The van der Waals surface area contributed by atoms with E-state index in [1.165, 1.54) is 24.3 Å². The third-order valence-electron chi connectivity index (χ3n) is 3.22. The molecule has 6 nitrogen and oxygen atoms in total. The number of nitrogens with one attached hydrogen (secondary N) is 1. The highest BCUT2D eigenvalue weighted by molar-refractivity contribution is 7.92. The van der Waals surface area contributed by atoms with Gasteiger partial charge in [0.05, 0.1) is 17.2 Å². The van der Waals surface area contributed by atoms with E-state index in [9.17, 15) is 13.2 Å². The number of aryl methyl sites for hydroxylation is 1. The predicted molar refractivity (Wildman–Crippen MR) is 95.6 cm³/mol. The van der Waals surface area contributed by atoms with Gasteiger partial charge in [-0.15, -0.1) is 0 Å². The molecule has 8 heteroatoms. The molecule has 0 bridgehead atoms. The largest absolute Gasteiger partial charge is 0.482 e. The van der Waals surface area contributed by atoms with Crippen molar-refractivity contribution in [3.05, 3.63) is 53.1 Å². The first-order valence-corrected chi connectivity index (χ1v) is 9.35. The van der Waals surface area contributed by atoms with Crippen molar-refractivity contribution in [2.45, 2.75) is 18.7 Å². The summed E-state index contributed by atoms with van der Waals surface area (Å²) >= 11 is 6.00. The Morgan fingerprint density at radius 2 is 1.84 bits per heavy atom. The molecule has 0 aliphatic rings. The summed E-state index contributed by atoms with van der Waals surface area (Å²) in [7, 11) is -3.76. The Morgan fingerprint density at radius 1 is 1.16 bits per heavy atom. The Bertz CT molecular complexity index is 850. The second-order valence-electron chi connectivity index (χ2n) is 5.13. The highest BCUT2D eigenvalue weighted by Gasteiger charge is 2.15. The highest BCUT2D eigenvalue weighted by Crippen LogP contribution is 2.23. The fourth-order valence-electron chi connectivity index (χ4n) is 1.93. The van der Waals surface area contributed by atoms with E-state index in [0.717, 1.165) is 5.56 Å². The van der Waals surface area contributed by atoms with Crippen molar-refractivity contribution in [1.82, 2.24) is 0 Å². The van der Waals surface area contributed by atoms with Crippen LogP contribution >= 0.6 is 11.6 Å². The lowest BCUT2D eigenvalue weighted by molar-refractivity contribution is -0.145. The molecule has 0 amide bonds. The average Bonchev–Trinajstić information content (AvgIpc) is 2.57. The molecular weight excluding hydrogens is 366 g/mol. The lowest BCUT2D eigenvalue weighted by Gasteiger charge is -2.10. The van der Waals surface area contributed by atoms with Crippen LogP contribution in [0.15, 0.2) is 47.4 Å². The third kappa shape index (κ3) is 5.37. The Morgan fingerprint density at radius 3 is 2.44 bits per heavy atom. The second kappa shape index (κ2) is 8.22. The van der Waals surface area contributed by atoms with E-state index in [2.05, 4.69) is 4.72 Å². The molecule has 0 saturated carbocycles. The number of halogens is 1. The number of rotatable bonds is 7. The van der Waals surface area contributed by atoms with Crippen LogP contribution in [0.1, 0.15) is 12.5 Å². The average molecular weight is 384 g/mol. The summed E-state index contributed by atoms with van der Waals surface area (Å²) in [5.41, 5.74) is 1.23. The molecule has 2 aromatic carbocycles. The Labute approximate surface area is 151 Å². The first-order valence-electron chi connectivity index (χ1n) is 7.49. The SMILES string of the molecule is CCOC(=O)COc1ccc(S(=O)(=O)Nc2ccc(C)c(Cl)c2)cc1. The summed E-state index contributed by atoms with van der Waals surface area (Å²) < 4.78 is 37.2. The van der Waals surface area contributed by atoms with Gasteiger partial charge in [-0.1, -0.05) is 17.7 Å². The second-order valence-corrected chi connectivity index (χ2v) is 7.22. The molecule has 0 unspecified atom stereocenters. The van der Waals surface area contributed by atoms with E-state index >= 15 is 0 Å². The first kappa shape index (κ1) is 19.1. The van der Waals surface area contributed by atoms with Gasteiger partial charge >= 0.3 is 5.97 Å². The molecule has 1 N–H and O–H groups in total. The molecule has 0 radical (unpaired) electrons. The van der Waals surface area contributed by atoms with E-state index in [-0.39, 0.29) is 18.1 Å². The maximum atomic E-state index is 12.4. The van der Waals surface area contributed by atoms with Crippen LogP contribution in [-0.4, -0.2) is 27.6 Å². The van der Waals surface area contributed by atoms with Gasteiger partial charge in [0.25, 0.3) is 10.0 Å². The monoisotopic (exact) mass is 383 g/mol. The maximum absolute atomic E-state index is 12.4. The van der Waals surface area contributed by atoms with Gasteiger partial charge in [-0.05, 0) is 55.8 Å². The molecule has 0 aliphatic heterocycles. The number of carbonyl (C=O) groups is 1. The Kier molecular flexibility index (Phi) is 6.27. The lowest BCUT2D eigenvalue weighted by Crippen LogP contribution is -2.15. The molecule has 0 spiro atoms. The van der Waals surface area contributed by atoms with Crippen molar-refractivity contribution < 1.29 is 22.7 Å². The molecule has 0 aliphatic carbocycles. The van der Waals surface area contributed by atoms with Crippen LogP contribution in [0, 0.1) is 6.92 Å². The lowest BCUT2D eigenvalue weighted by atomic mass is 10.2. The van der Waals surface area contributed by atoms with Crippen molar-refractivity contribution >= 4 is 33.3 Å². The zero-order valence-electron chi connectivity index (χ0n) is 13.8. The minimum Gasteiger partial charge on any atom is -0.482 e. The van der Waals surface area contributed by atoms with Crippen molar-refractivity contribution in [2.75, 3.05) is 17.9 Å². The van der Waals surface area contributed by atoms with Gasteiger partial charge in [-0.25, -0.2) is 13.2 Å². The van der Waals surface area contributed by atoms with Gasteiger partial charge < -0.3 is 9.47 Å². The Balaban J connectivity index is 2.06. The first-order chi connectivity index (χ1) is 11.8. The topological polar surface area (TPSA) is 81.7 Å². The summed E-state index contributed by atoms with van der Waals surface area (Å²) in [5, 5.41) is 0.475. The van der Waals surface area contributed by atoms with Gasteiger partial charge in [-0.2, -0.15) is 0 Å². The molecule has 0 fully saturated rings. The van der Waals surface area contributed by atoms with E-state index < -0.39 is 16.0 Å². The van der Waals surface area contributed by atoms with Gasteiger partial charge in [0.2, 0.25) is 0 Å². The third-order valence-corrected chi connectivity index (χ3v) is 5.02. The van der Waals surface area contributed by atoms with Gasteiger partial charge in [0.15, 0.2) is 6.61 Å². The predicted octanol–water partition coefficient (Wildman–Crippen LogP) is 3.39. The van der Waals surface area contributed by atoms with Crippen molar-refractivity contribution in [1.29, 1.82) is 0 Å². The number of sulfonamides is 1. The standard InChI is InChI=1S/C17H18ClNO5S/c1-3-23-17(20)11-24-14-6-8-15(9-7-14)25(21,22)19-13-5-4-12(2)16(18)10-13/h4-10,19H,3,11H2,1-2H3. The molecule has 0 heterocycles. The van der Waals surface area contributed by atoms with Crippen LogP contribution in [-0.2, 0) is 19.6 Å². The minimum atomic E-state index is -3.76. The van der Waals surface area contributed by atoms with Gasteiger partial charge in [0.1, 0.15) is 5.75 Å². The quantitative estimate of drug-likeness (QED) is 0.741. The molecule has 2 aromatic rings. The van der Waals surface area contributed by atoms with E-state index in [4.69, 9.17) is 21.1 Å². The van der Waals surface area contributed by atoms with Gasteiger partial charge in [0, 0.05) is 5.02 Å². The zero-order valence-corrected chi connectivity index (χ0v) is 15.4. The maximum Gasteiger partial charge on any atom is 0.344 e. The van der Waals surface area contributed by atoms with Crippen molar-refractivity contribution in [3.8, 4) is 5.75 Å². The summed E-state index contributed by atoms with van der Waals surface area (Å²) in [6, 6.07) is 10.6. The Hall–Kier alpha value is -2.25. The highest BCUT2D eigenvalue weighted by atomic mass is 35.5. The number of carbonyl (C=O) groups excluding carboxylic acids is 1. The van der Waals surface area contributed by atoms with E-state index in [0.29, 0.717) is 16.5 Å². The summed E-state index contributed by atoms with van der Waals surface area (Å²) in [6.45, 7) is 3.57. The number of hydrogen-bond acceptors (Lipinski definition) is 5. The van der Waals surface area contributed by atoms with Crippen LogP contribution < -0.4 is 9.46 Å². The van der Waals surface area contributed by atoms with Crippen LogP contribution in [0.5, 0.6) is 5.75 Å². The summed E-state index contributed by atoms with van der Waals surface area (Å²) in [5.74, 6) is -0.123. The van der Waals surface area contributed by atoms with Crippen LogP contribution in [0.25, 0.3) is 0 Å². The molecule has 134 valence electrons. The summed E-state index contributed by atoms with van der Waals surface area (Å²) in [6.07, 6.45) is 0. The van der Waals surface area contributed by atoms with E-state index in [1.54, 1.807) is 25.1 Å². The number of hydrogen-bond donors (Lipinski definition) is 1. The van der Waals surface area contributed by atoms with E-state index in [1.807, 2.05) is 6.92 Å². The molecule has 0 aromatic heterocycles. The van der Waals surface area contributed by atoms with Gasteiger partial charge in [-0.3, -0.25) is 4.72 Å². The molecule has 0 saturated heterocycles.